The summed E-state index contributed by atoms with van der Waals surface area (Å²) in [5, 5.41) is 9.71. The average Bonchev–Trinajstić information content (AvgIpc) is 2.79. The molecule has 0 saturated heterocycles. The number of ether oxygens (including phenoxy) is 1. The number of likely N-dealkylation sites (N-methyl/N-ethyl adjacent to an activating group) is 1. The number of rotatable bonds is 5. The second-order valence-electron chi connectivity index (χ2n) is 8.56. The molecule has 0 aliphatic carbocycles. The van der Waals surface area contributed by atoms with E-state index in [-0.39, 0.29) is 36.3 Å². The Kier molecular flexibility index (Phi) is 8.06. The summed E-state index contributed by atoms with van der Waals surface area (Å²) in [7, 11) is -6.00. The lowest BCUT2D eigenvalue weighted by molar-refractivity contribution is 0.0905. The summed E-state index contributed by atoms with van der Waals surface area (Å²) in [5.41, 5.74) is 1.37. The lowest BCUT2D eigenvalue weighted by Gasteiger charge is -2.37. The fraction of sp³-hybridized carbons (Fsp3) is 0.417. The molecule has 1 aliphatic rings. The smallest absolute Gasteiger partial charge is 0.247 e. The summed E-state index contributed by atoms with van der Waals surface area (Å²) in [5.74, 6) is 5.81. The van der Waals surface area contributed by atoms with E-state index in [0.29, 0.717) is 5.56 Å². The molecule has 0 fully saturated rings. The van der Waals surface area contributed by atoms with Crippen molar-refractivity contribution in [1.29, 1.82) is 0 Å². The van der Waals surface area contributed by atoms with Gasteiger partial charge in [-0.15, -0.1) is 0 Å². The van der Waals surface area contributed by atoms with Gasteiger partial charge in [-0.1, -0.05) is 37.0 Å². The maximum Gasteiger partial charge on any atom is 0.247 e. The van der Waals surface area contributed by atoms with Crippen LogP contribution in [0.3, 0.4) is 0 Å². The normalized spacial score (nSPS) is 21.4. The van der Waals surface area contributed by atoms with Gasteiger partial charge >= 0.3 is 0 Å². The fourth-order valence-corrected chi connectivity index (χ4v) is 5.82. The number of aliphatic hydroxyl groups excluding tert-OH is 1. The minimum atomic E-state index is -3.98. The predicted octanol–water partition coefficient (Wildman–Crippen LogP) is 1.75. The van der Waals surface area contributed by atoms with Gasteiger partial charge in [-0.2, -0.15) is 4.31 Å². The van der Waals surface area contributed by atoms with Crippen LogP contribution in [-0.2, 0) is 20.0 Å². The molecule has 2 aromatic carbocycles. The van der Waals surface area contributed by atoms with Gasteiger partial charge in [0.25, 0.3) is 0 Å². The van der Waals surface area contributed by atoms with E-state index in [0.717, 1.165) is 11.8 Å². The number of benzene rings is 2. The Morgan fingerprint density at radius 1 is 1.18 bits per heavy atom. The van der Waals surface area contributed by atoms with Crippen molar-refractivity contribution >= 4 is 20.0 Å². The molecule has 1 heterocycles. The van der Waals surface area contributed by atoms with Crippen LogP contribution < -0.4 is 4.74 Å². The number of sulfonamides is 2. The van der Waals surface area contributed by atoms with Crippen LogP contribution in [0.1, 0.15) is 25.0 Å². The van der Waals surface area contributed by atoms with E-state index >= 15 is 0 Å². The van der Waals surface area contributed by atoms with Crippen LogP contribution in [0.5, 0.6) is 5.75 Å². The Morgan fingerprint density at radius 2 is 1.82 bits per heavy atom. The third-order valence-electron chi connectivity index (χ3n) is 5.80. The highest BCUT2D eigenvalue weighted by atomic mass is 32.2. The van der Waals surface area contributed by atoms with Crippen molar-refractivity contribution in [3.05, 3.63) is 59.7 Å². The van der Waals surface area contributed by atoms with Gasteiger partial charge in [0.2, 0.25) is 20.0 Å². The van der Waals surface area contributed by atoms with Crippen molar-refractivity contribution in [2.24, 2.45) is 5.92 Å². The fourth-order valence-electron chi connectivity index (χ4n) is 3.58. The molecular formula is C24H30N2O6S2. The Hall–Kier alpha value is -2.42. The molecule has 1 N–H and O–H groups in total. The lowest BCUT2D eigenvalue weighted by atomic mass is 10.0. The molecule has 0 unspecified atom stereocenters. The molecule has 184 valence electrons. The van der Waals surface area contributed by atoms with Crippen LogP contribution in [0.15, 0.2) is 53.4 Å². The van der Waals surface area contributed by atoms with Gasteiger partial charge in [0, 0.05) is 36.7 Å². The van der Waals surface area contributed by atoms with Gasteiger partial charge in [-0.05, 0) is 37.3 Å². The van der Waals surface area contributed by atoms with Crippen molar-refractivity contribution in [2.45, 2.75) is 30.9 Å². The monoisotopic (exact) mass is 506 g/mol. The van der Waals surface area contributed by atoms with Gasteiger partial charge in [-0.3, -0.25) is 0 Å². The average molecular weight is 507 g/mol. The number of hydrogen-bond acceptors (Lipinski definition) is 6. The Morgan fingerprint density at radius 3 is 2.44 bits per heavy atom. The van der Waals surface area contributed by atoms with Crippen molar-refractivity contribution < 1.29 is 26.7 Å². The highest BCUT2D eigenvalue weighted by Crippen LogP contribution is 2.34. The minimum absolute atomic E-state index is 0.0424. The minimum Gasteiger partial charge on any atom is -0.487 e. The molecule has 3 rings (SSSR count). The topological polar surface area (TPSA) is 104 Å². The van der Waals surface area contributed by atoms with Crippen molar-refractivity contribution in [2.75, 3.05) is 33.0 Å². The van der Waals surface area contributed by atoms with E-state index in [1.165, 1.54) is 21.7 Å². The first kappa shape index (κ1) is 26.2. The van der Waals surface area contributed by atoms with E-state index in [9.17, 15) is 21.9 Å². The molecule has 2 aromatic rings. The zero-order valence-electron chi connectivity index (χ0n) is 19.7. The van der Waals surface area contributed by atoms with E-state index in [1.54, 1.807) is 26.0 Å². The van der Waals surface area contributed by atoms with Crippen molar-refractivity contribution in [3.8, 4) is 17.6 Å². The highest BCUT2D eigenvalue weighted by Gasteiger charge is 2.38. The molecule has 0 saturated carbocycles. The van der Waals surface area contributed by atoms with E-state index in [1.807, 2.05) is 30.3 Å². The largest absolute Gasteiger partial charge is 0.487 e. The van der Waals surface area contributed by atoms with Gasteiger partial charge < -0.3 is 9.84 Å². The summed E-state index contributed by atoms with van der Waals surface area (Å²) < 4.78 is 59.6. The van der Waals surface area contributed by atoms with Gasteiger partial charge in [0.05, 0.1) is 19.4 Å². The molecule has 10 heteroatoms. The zero-order chi connectivity index (χ0) is 25.1. The molecule has 0 amide bonds. The first-order chi connectivity index (χ1) is 15.9. The Balaban J connectivity index is 2.09. The molecule has 0 aromatic heterocycles. The second kappa shape index (κ2) is 10.5. The summed E-state index contributed by atoms with van der Waals surface area (Å²) in [4.78, 5) is -0.0445. The van der Waals surface area contributed by atoms with Crippen LogP contribution in [0.4, 0.5) is 0 Å². The van der Waals surface area contributed by atoms with Gasteiger partial charge in [0.1, 0.15) is 16.7 Å². The summed E-state index contributed by atoms with van der Waals surface area (Å²) in [6.07, 6.45) is 0.482. The van der Waals surface area contributed by atoms with Gasteiger partial charge in [0.15, 0.2) is 0 Å². The molecule has 3 atom stereocenters. The van der Waals surface area contributed by atoms with E-state index < -0.39 is 32.2 Å². The SMILES string of the molecule is C[C@@H]1CN([C@@H](C)CO)S(=O)(=O)c2ccc(C#Cc3ccccc3)cc2O[C@H]1CN(C)S(C)(=O)=O. The highest BCUT2D eigenvalue weighted by molar-refractivity contribution is 7.89. The van der Waals surface area contributed by atoms with Crippen LogP contribution in [0.2, 0.25) is 0 Å². The van der Waals surface area contributed by atoms with E-state index in [4.69, 9.17) is 4.74 Å². The molecule has 0 bridgehead atoms. The van der Waals surface area contributed by atoms with Crippen molar-refractivity contribution in [1.82, 2.24) is 8.61 Å². The Labute approximate surface area is 202 Å². The summed E-state index contributed by atoms with van der Waals surface area (Å²) >= 11 is 0. The Bertz CT molecular complexity index is 1280. The second-order valence-corrected chi connectivity index (χ2v) is 12.5. The number of aliphatic hydroxyl groups is 1. The van der Waals surface area contributed by atoms with Crippen LogP contribution >= 0.6 is 0 Å². The molecule has 0 spiro atoms. The number of nitrogens with zero attached hydrogens (tertiary/aromatic N) is 2. The number of fused-ring (bicyclic) bond motifs is 1. The molecular weight excluding hydrogens is 476 g/mol. The zero-order valence-corrected chi connectivity index (χ0v) is 21.3. The summed E-state index contributed by atoms with van der Waals surface area (Å²) in [6, 6.07) is 13.3. The maximum atomic E-state index is 13.5. The van der Waals surface area contributed by atoms with Crippen molar-refractivity contribution in [3.63, 3.8) is 0 Å². The van der Waals surface area contributed by atoms with Crippen LogP contribution in [-0.4, -0.2) is 75.7 Å². The number of hydrogen-bond donors (Lipinski definition) is 1. The maximum absolute atomic E-state index is 13.5. The van der Waals surface area contributed by atoms with Gasteiger partial charge in [-0.25, -0.2) is 21.1 Å². The third kappa shape index (κ3) is 5.98. The predicted molar refractivity (Wildman–Crippen MR) is 130 cm³/mol. The first-order valence-corrected chi connectivity index (χ1v) is 14.1. The first-order valence-electron chi connectivity index (χ1n) is 10.8. The standard InChI is InChI=1S/C24H30N2O6S2/c1-18-15-26(19(2)17-27)34(30,31)24-13-12-21(11-10-20-8-6-5-7-9-20)14-22(24)32-23(18)16-25(3)33(4,28)29/h5-9,12-14,18-19,23,27H,15-17H2,1-4H3/t18-,19+,23+/m1/s1. The molecule has 1 aliphatic heterocycles. The van der Waals surface area contributed by atoms with Crippen LogP contribution in [0.25, 0.3) is 0 Å². The molecule has 8 nitrogen and oxygen atoms in total. The molecule has 0 radical (unpaired) electrons. The van der Waals surface area contributed by atoms with Crippen LogP contribution in [0, 0.1) is 17.8 Å². The lowest BCUT2D eigenvalue weighted by Crippen LogP contribution is -2.50. The van der Waals surface area contributed by atoms with E-state index in [2.05, 4.69) is 11.8 Å². The third-order valence-corrected chi connectivity index (χ3v) is 9.10. The quantitative estimate of drug-likeness (QED) is 0.620. The molecule has 34 heavy (non-hydrogen) atoms. The summed E-state index contributed by atoms with van der Waals surface area (Å²) in [6.45, 7) is 3.19.